The highest BCUT2D eigenvalue weighted by atomic mass is 35.5. The summed E-state index contributed by atoms with van der Waals surface area (Å²) in [5, 5.41) is 0.637. The highest BCUT2D eigenvalue weighted by molar-refractivity contribution is 6.35. The van der Waals surface area contributed by atoms with Crippen molar-refractivity contribution in [1.29, 1.82) is 0 Å². The monoisotopic (exact) mass is 409 g/mol. The van der Waals surface area contributed by atoms with Crippen LogP contribution >= 0.6 is 23.2 Å². The van der Waals surface area contributed by atoms with Gasteiger partial charge in [-0.1, -0.05) is 29.3 Å². The minimum Gasteiger partial charge on any atom is -0.454 e. The largest absolute Gasteiger partial charge is 0.454 e. The molecule has 27 heavy (non-hydrogen) atoms. The van der Waals surface area contributed by atoms with Gasteiger partial charge in [0.1, 0.15) is 0 Å². The van der Waals surface area contributed by atoms with E-state index >= 15 is 0 Å². The summed E-state index contributed by atoms with van der Waals surface area (Å²) in [5.41, 5.74) is 1.08. The molecular formula is C19H17Cl2NO5. The highest BCUT2D eigenvalue weighted by Gasteiger charge is 2.18. The zero-order chi connectivity index (χ0) is 19.4. The van der Waals surface area contributed by atoms with Crippen molar-refractivity contribution in [2.75, 3.05) is 19.9 Å². The van der Waals surface area contributed by atoms with Gasteiger partial charge < -0.3 is 19.1 Å². The van der Waals surface area contributed by atoms with Crippen molar-refractivity contribution in [3.05, 3.63) is 57.6 Å². The van der Waals surface area contributed by atoms with Gasteiger partial charge in [-0.3, -0.25) is 4.79 Å². The fraction of sp³-hybridized carbons (Fsp3) is 0.263. The van der Waals surface area contributed by atoms with Crippen LogP contribution in [0.4, 0.5) is 0 Å². The van der Waals surface area contributed by atoms with Crippen LogP contribution in [0.1, 0.15) is 22.8 Å². The average molecular weight is 410 g/mol. The number of hydrogen-bond donors (Lipinski definition) is 0. The van der Waals surface area contributed by atoms with E-state index in [9.17, 15) is 9.59 Å². The Morgan fingerprint density at radius 3 is 2.48 bits per heavy atom. The minimum absolute atomic E-state index is 0.193. The second-order valence-corrected chi connectivity index (χ2v) is 6.70. The third kappa shape index (κ3) is 4.84. The van der Waals surface area contributed by atoms with E-state index in [2.05, 4.69) is 0 Å². The van der Waals surface area contributed by atoms with Crippen molar-refractivity contribution in [3.63, 3.8) is 0 Å². The number of rotatable bonds is 6. The van der Waals surface area contributed by atoms with E-state index in [-0.39, 0.29) is 24.9 Å². The summed E-state index contributed by atoms with van der Waals surface area (Å²) >= 11 is 11.7. The number of benzene rings is 2. The first-order valence-electron chi connectivity index (χ1n) is 8.25. The van der Waals surface area contributed by atoms with Gasteiger partial charge in [0.05, 0.1) is 5.56 Å². The Hall–Kier alpha value is -2.44. The van der Waals surface area contributed by atoms with Gasteiger partial charge in [-0.25, -0.2) is 4.79 Å². The van der Waals surface area contributed by atoms with Crippen molar-refractivity contribution in [1.82, 2.24) is 4.90 Å². The first-order chi connectivity index (χ1) is 13.0. The van der Waals surface area contributed by atoms with Gasteiger partial charge in [0, 0.05) is 23.1 Å². The molecule has 0 radical (unpaired) electrons. The molecule has 1 aliphatic rings. The van der Waals surface area contributed by atoms with Crippen LogP contribution in [0, 0.1) is 0 Å². The maximum Gasteiger partial charge on any atom is 0.338 e. The van der Waals surface area contributed by atoms with Crippen molar-refractivity contribution in [2.45, 2.75) is 13.5 Å². The predicted octanol–water partition coefficient (Wildman–Crippen LogP) is 3.93. The van der Waals surface area contributed by atoms with E-state index < -0.39 is 5.97 Å². The Bertz CT molecular complexity index is 851. The minimum atomic E-state index is -0.660. The van der Waals surface area contributed by atoms with Crippen LogP contribution in [0.3, 0.4) is 0 Å². The predicted molar refractivity (Wildman–Crippen MR) is 100 cm³/mol. The molecule has 8 heteroatoms. The van der Waals surface area contributed by atoms with E-state index in [1.165, 1.54) is 18.2 Å². The standard InChI is InChI=1S/C19H17Cl2NO5/c1-2-22(9-12-3-4-16-17(5-12)27-11-26-16)18(23)10-25-19(24)13-6-14(20)8-15(21)7-13/h3-8H,2,9-11H2,1H3. The van der Waals surface area contributed by atoms with Crippen LogP contribution in [-0.4, -0.2) is 36.7 Å². The summed E-state index contributed by atoms with van der Waals surface area (Å²) in [6, 6.07) is 9.88. The molecule has 2 aromatic carbocycles. The molecule has 0 atom stereocenters. The fourth-order valence-corrected chi connectivity index (χ4v) is 3.14. The quantitative estimate of drug-likeness (QED) is 0.676. The van der Waals surface area contributed by atoms with E-state index in [0.29, 0.717) is 34.6 Å². The summed E-state index contributed by atoms with van der Waals surface area (Å²) in [5.74, 6) is 0.367. The van der Waals surface area contributed by atoms with Gasteiger partial charge in [0.15, 0.2) is 18.1 Å². The van der Waals surface area contributed by atoms with Gasteiger partial charge >= 0.3 is 5.97 Å². The molecule has 1 heterocycles. The van der Waals surface area contributed by atoms with Crippen LogP contribution in [0.2, 0.25) is 10.0 Å². The smallest absolute Gasteiger partial charge is 0.338 e. The number of likely N-dealkylation sites (N-methyl/N-ethyl adjacent to an activating group) is 1. The average Bonchev–Trinajstić information content (AvgIpc) is 3.10. The summed E-state index contributed by atoms with van der Waals surface area (Å²) in [6.07, 6.45) is 0. The van der Waals surface area contributed by atoms with Crippen molar-refractivity contribution in [2.24, 2.45) is 0 Å². The molecule has 1 aliphatic heterocycles. The molecule has 0 fully saturated rings. The van der Waals surface area contributed by atoms with Crippen LogP contribution in [-0.2, 0) is 16.1 Å². The number of nitrogens with zero attached hydrogens (tertiary/aromatic N) is 1. The lowest BCUT2D eigenvalue weighted by Crippen LogP contribution is -2.34. The Balaban J connectivity index is 1.59. The second kappa shape index (κ2) is 8.50. The molecule has 0 aromatic heterocycles. The first-order valence-corrected chi connectivity index (χ1v) is 9.01. The summed E-state index contributed by atoms with van der Waals surface area (Å²) in [7, 11) is 0. The maximum absolute atomic E-state index is 12.4. The summed E-state index contributed by atoms with van der Waals surface area (Å²) in [4.78, 5) is 26.1. The Labute approximate surface area is 166 Å². The molecule has 0 unspecified atom stereocenters. The lowest BCUT2D eigenvalue weighted by Gasteiger charge is -2.21. The van der Waals surface area contributed by atoms with E-state index in [1.54, 1.807) is 11.0 Å². The number of esters is 1. The second-order valence-electron chi connectivity index (χ2n) is 5.83. The molecular weight excluding hydrogens is 393 g/mol. The van der Waals surface area contributed by atoms with Gasteiger partial charge in [-0.05, 0) is 42.8 Å². The topological polar surface area (TPSA) is 65.1 Å². The van der Waals surface area contributed by atoms with Gasteiger partial charge in [0.25, 0.3) is 5.91 Å². The number of carbonyl (C=O) groups excluding carboxylic acids is 2. The fourth-order valence-electron chi connectivity index (χ4n) is 2.61. The molecule has 1 amide bonds. The Morgan fingerprint density at radius 1 is 1.07 bits per heavy atom. The van der Waals surface area contributed by atoms with Crippen molar-refractivity contribution >= 4 is 35.1 Å². The van der Waals surface area contributed by atoms with Gasteiger partial charge in [-0.2, -0.15) is 0 Å². The van der Waals surface area contributed by atoms with Crippen LogP contribution in [0.25, 0.3) is 0 Å². The zero-order valence-electron chi connectivity index (χ0n) is 14.5. The lowest BCUT2D eigenvalue weighted by molar-refractivity contribution is -0.134. The zero-order valence-corrected chi connectivity index (χ0v) is 16.0. The van der Waals surface area contributed by atoms with Crippen molar-refractivity contribution < 1.29 is 23.8 Å². The number of ether oxygens (including phenoxy) is 3. The molecule has 0 saturated heterocycles. The molecule has 0 aliphatic carbocycles. The van der Waals surface area contributed by atoms with Crippen LogP contribution in [0.5, 0.6) is 11.5 Å². The van der Waals surface area contributed by atoms with Gasteiger partial charge in [0.2, 0.25) is 6.79 Å². The maximum atomic E-state index is 12.4. The van der Waals surface area contributed by atoms with Crippen LogP contribution in [0.15, 0.2) is 36.4 Å². The van der Waals surface area contributed by atoms with E-state index in [4.69, 9.17) is 37.4 Å². The number of carbonyl (C=O) groups is 2. The number of fused-ring (bicyclic) bond motifs is 1. The number of amides is 1. The molecule has 0 bridgehead atoms. The lowest BCUT2D eigenvalue weighted by atomic mass is 10.2. The van der Waals surface area contributed by atoms with Gasteiger partial charge in [-0.15, -0.1) is 0 Å². The summed E-state index contributed by atoms with van der Waals surface area (Å²) < 4.78 is 15.7. The normalized spacial score (nSPS) is 12.0. The third-order valence-electron chi connectivity index (χ3n) is 3.97. The molecule has 142 valence electrons. The SMILES string of the molecule is CCN(Cc1ccc2c(c1)OCO2)C(=O)COC(=O)c1cc(Cl)cc(Cl)c1. The van der Waals surface area contributed by atoms with E-state index in [1.807, 2.05) is 19.1 Å². The molecule has 0 saturated carbocycles. The number of hydrogen-bond acceptors (Lipinski definition) is 5. The molecule has 0 N–H and O–H groups in total. The first kappa shape index (κ1) is 19.3. The molecule has 6 nitrogen and oxygen atoms in total. The highest BCUT2D eigenvalue weighted by Crippen LogP contribution is 2.32. The van der Waals surface area contributed by atoms with Crippen molar-refractivity contribution in [3.8, 4) is 11.5 Å². The Morgan fingerprint density at radius 2 is 1.78 bits per heavy atom. The molecule has 3 rings (SSSR count). The van der Waals surface area contributed by atoms with Crippen LogP contribution < -0.4 is 9.47 Å². The molecule has 2 aromatic rings. The molecule has 0 spiro atoms. The van der Waals surface area contributed by atoms with E-state index in [0.717, 1.165) is 5.56 Å². The Kier molecular flexibility index (Phi) is 6.08. The number of halogens is 2. The third-order valence-corrected chi connectivity index (χ3v) is 4.41. The summed E-state index contributed by atoms with van der Waals surface area (Å²) in [6.45, 7) is 2.50.